The first-order chi connectivity index (χ1) is 21.7. The van der Waals surface area contributed by atoms with Crippen molar-refractivity contribution in [1.82, 2.24) is 19.8 Å². The number of ketones is 1. The van der Waals surface area contributed by atoms with Gasteiger partial charge in [-0.1, -0.05) is 32.4 Å². The molecule has 1 aromatic carbocycles. The Morgan fingerprint density at radius 2 is 2.04 bits per heavy atom. The molecule has 0 spiro atoms. The van der Waals surface area contributed by atoms with Gasteiger partial charge in [0, 0.05) is 44.0 Å². The maximum Gasteiger partial charge on any atom is 0.308 e. The van der Waals surface area contributed by atoms with E-state index >= 15 is 0 Å². The zero-order chi connectivity index (χ0) is 32.1. The molecule has 2 amide bonds. The van der Waals surface area contributed by atoms with Crippen molar-refractivity contribution in [3.63, 3.8) is 0 Å². The Kier molecular flexibility index (Phi) is 10.3. The lowest BCUT2D eigenvalue weighted by molar-refractivity contribution is -0.144. The highest BCUT2D eigenvalue weighted by Crippen LogP contribution is 2.38. The zero-order valence-corrected chi connectivity index (χ0v) is 25.7. The summed E-state index contributed by atoms with van der Waals surface area (Å²) in [6.07, 6.45) is 3.50. The van der Waals surface area contributed by atoms with Gasteiger partial charge in [-0.3, -0.25) is 23.6 Å². The van der Waals surface area contributed by atoms with Gasteiger partial charge in [-0.25, -0.2) is 4.98 Å². The maximum absolute atomic E-state index is 14.2. The van der Waals surface area contributed by atoms with Crippen LogP contribution in [0.4, 0.5) is 4.39 Å². The number of Topliss-reactive ketones (excluding diaryl/α,β-unsaturated/α-hetero) is 1. The Morgan fingerprint density at radius 3 is 2.78 bits per heavy atom. The number of carbonyl (C=O) groups excluding carboxylic acids is 3. The molecule has 2 aliphatic rings. The lowest BCUT2D eigenvalue weighted by Crippen LogP contribution is -2.57. The highest BCUT2D eigenvalue weighted by atomic mass is 19.1. The van der Waals surface area contributed by atoms with E-state index in [2.05, 4.69) is 10.3 Å². The van der Waals surface area contributed by atoms with Crippen molar-refractivity contribution < 1.29 is 37.8 Å². The monoisotopic (exact) mass is 624 g/mol. The van der Waals surface area contributed by atoms with Crippen molar-refractivity contribution in [2.45, 2.75) is 76.9 Å². The Hall–Kier alpha value is -4.06. The number of nitrogens with one attached hydrogen (secondary N) is 1. The second-order valence-electron chi connectivity index (χ2n) is 12.0. The number of hydrogen-bond donors (Lipinski definition) is 2. The summed E-state index contributed by atoms with van der Waals surface area (Å²) < 4.78 is 25.9. The number of benzene rings is 1. The number of ether oxygens (including phenoxy) is 1. The molecule has 3 aromatic rings. The van der Waals surface area contributed by atoms with Gasteiger partial charge in [0.1, 0.15) is 23.8 Å². The minimum Gasteiger partial charge on any atom is -0.481 e. The van der Waals surface area contributed by atoms with Gasteiger partial charge in [-0.2, -0.15) is 0 Å². The standard InChI is InChI=1S/C33H41FN4O7/c1-3-20(2)30(38(14-16-44-15-6-12-34)28(40)18-27-35-23-7-4-5-8-26(23)45-27)32(41)36-24-10-9-21-11-13-37-19-22(33(42)43)17-25(39)29(24)31(21)37/h4-5,7-8,11,13,20,22,24,29-30H,3,6,9-10,12,14-19H2,1-2H3,(H,36,41)(H,42,43)/t20?,22-,24-,29?,30?/m0/s1. The molecule has 5 rings (SSSR count). The minimum absolute atomic E-state index is 0.0914. The van der Waals surface area contributed by atoms with Crippen LogP contribution >= 0.6 is 0 Å². The molecule has 0 radical (unpaired) electrons. The Morgan fingerprint density at radius 1 is 1.24 bits per heavy atom. The Labute approximate surface area is 261 Å². The van der Waals surface area contributed by atoms with E-state index in [0.29, 0.717) is 30.4 Å². The van der Waals surface area contributed by atoms with Crippen LogP contribution in [0.3, 0.4) is 0 Å². The fraction of sp³-hybridized carbons (Fsp3) is 0.545. The van der Waals surface area contributed by atoms with E-state index in [1.165, 1.54) is 4.90 Å². The first kappa shape index (κ1) is 32.3. The van der Waals surface area contributed by atoms with Gasteiger partial charge in [-0.05, 0) is 48.9 Å². The molecule has 3 heterocycles. The lowest BCUT2D eigenvalue weighted by atomic mass is 9.79. The topological polar surface area (TPSA) is 144 Å². The van der Waals surface area contributed by atoms with E-state index < -0.39 is 42.5 Å². The summed E-state index contributed by atoms with van der Waals surface area (Å²) in [4.78, 5) is 59.5. The zero-order valence-electron chi connectivity index (χ0n) is 25.7. The van der Waals surface area contributed by atoms with Gasteiger partial charge in [0.25, 0.3) is 0 Å². The van der Waals surface area contributed by atoms with E-state index in [9.17, 15) is 28.7 Å². The Bertz CT molecular complexity index is 1500. The van der Waals surface area contributed by atoms with Gasteiger partial charge in [0.2, 0.25) is 17.7 Å². The van der Waals surface area contributed by atoms with Crippen LogP contribution in [0.2, 0.25) is 0 Å². The van der Waals surface area contributed by atoms with E-state index in [1.54, 1.807) is 12.1 Å². The largest absolute Gasteiger partial charge is 0.481 e. The van der Waals surface area contributed by atoms with Crippen LogP contribution in [0.15, 0.2) is 40.9 Å². The Balaban J connectivity index is 1.40. The fourth-order valence-corrected chi connectivity index (χ4v) is 6.58. The van der Waals surface area contributed by atoms with Crippen LogP contribution in [0, 0.1) is 11.8 Å². The predicted octanol–water partition coefficient (Wildman–Crippen LogP) is 3.68. The third-order valence-electron chi connectivity index (χ3n) is 9.05. The number of oxazole rings is 1. The first-order valence-corrected chi connectivity index (χ1v) is 15.7. The van der Waals surface area contributed by atoms with E-state index in [-0.39, 0.29) is 69.1 Å². The molecule has 0 saturated carbocycles. The second-order valence-corrected chi connectivity index (χ2v) is 12.0. The number of aryl methyl sites for hydroxylation is 1. The first-order valence-electron chi connectivity index (χ1n) is 15.7. The molecule has 0 bridgehead atoms. The SMILES string of the molecule is CCC(C)C(C(=O)N[C@H]1CCc2ccn3c2C1C(=O)C[C@H](C(=O)O)C3)N(CCOCCCF)C(=O)Cc1nc2ccccc2o1. The highest BCUT2D eigenvalue weighted by molar-refractivity contribution is 5.93. The van der Waals surface area contributed by atoms with Crippen LogP contribution in [-0.4, -0.2) is 81.6 Å². The number of hydrogen-bond acceptors (Lipinski definition) is 7. The van der Waals surface area contributed by atoms with Crippen LogP contribution < -0.4 is 5.32 Å². The minimum atomic E-state index is -1.02. The number of carboxylic acids is 1. The molecule has 0 fully saturated rings. The summed E-state index contributed by atoms with van der Waals surface area (Å²) in [6.45, 7) is 3.90. The third-order valence-corrected chi connectivity index (χ3v) is 9.05. The molecule has 1 aliphatic heterocycles. The molecule has 12 heteroatoms. The fourth-order valence-electron chi connectivity index (χ4n) is 6.58. The number of nitrogens with zero attached hydrogens (tertiary/aromatic N) is 3. The number of aliphatic carboxylic acids is 1. The molecule has 2 N–H and O–H groups in total. The number of fused-ring (bicyclic) bond motifs is 1. The number of carboxylic acid groups (broad SMARTS) is 1. The maximum atomic E-state index is 14.2. The summed E-state index contributed by atoms with van der Waals surface area (Å²) in [5, 5.41) is 12.8. The molecule has 45 heavy (non-hydrogen) atoms. The van der Waals surface area contributed by atoms with Gasteiger partial charge >= 0.3 is 5.97 Å². The molecule has 1 aliphatic carbocycles. The summed E-state index contributed by atoms with van der Waals surface area (Å²) >= 11 is 0. The van der Waals surface area contributed by atoms with Crippen molar-refractivity contribution in [2.75, 3.05) is 26.4 Å². The van der Waals surface area contributed by atoms with E-state index in [0.717, 1.165) is 11.3 Å². The summed E-state index contributed by atoms with van der Waals surface area (Å²) in [5.41, 5.74) is 2.93. The normalized spacial score (nSPS) is 20.7. The molecule has 11 nitrogen and oxygen atoms in total. The lowest BCUT2D eigenvalue weighted by Gasteiger charge is -2.37. The highest BCUT2D eigenvalue weighted by Gasteiger charge is 2.44. The molecule has 3 unspecified atom stereocenters. The number of carbonyl (C=O) groups is 4. The summed E-state index contributed by atoms with van der Waals surface area (Å²) in [5.74, 6) is -3.55. The number of rotatable bonds is 14. The quantitative estimate of drug-likeness (QED) is 0.259. The van der Waals surface area contributed by atoms with E-state index in [4.69, 9.17) is 9.15 Å². The average Bonchev–Trinajstić information content (AvgIpc) is 3.58. The molecule has 0 saturated heterocycles. The molecule has 2 aromatic heterocycles. The van der Waals surface area contributed by atoms with Gasteiger partial charge in [0.05, 0.1) is 25.1 Å². The third kappa shape index (κ3) is 7.11. The van der Waals surface area contributed by atoms with Crippen molar-refractivity contribution in [1.29, 1.82) is 0 Å². The van der Waals surface area contributed by atoms with Gasteiger partial charge in [0.15, 0.2) is 5.58 Å². The number of aromatic nitrogens is 2. The average molecular weight is 625 g/mol. The number of para-hydroxylation sites is 2. The van der Waals surface area contributed by atoms with Crippen molar-refractivity contribution >= 4 is 34.7 Å². The molecule has 5 atom stereocenters. The van der Waals surface area contributed by atoms with Crippen LogP contribution in [0.1, 0.15) is 62.6 Å². The molecular formula is C33H41FN4O7. The molecule has 242 valence electrons. The van der Waals surface area contributed by atoms with Crippen molar-refractivity contribution in [2.24, 2.45) is 11.8 Å². The molecular weight excluding hydrogens is 583 g/mol. The number of halogens is 1. The van der Waals surface area contributed by atoms with Gasteiger partial charge < -0.3 is 29.0 Å². The van der Waals surface area contributed by atoms with Gasteiger partial charge in [-0.15, -0.1) is 0 Å². The summed E-state index contributed by atoms with van der Waals surface area (Å²) in [6, 6.07) is 7.68. The second kappa shape index (κ2) is 14.4. The predicted molar refractivity (Wildman–Crippen MR) is 162 cm³/mol. The smallest absolute Gasteiger partial charge is 0.308 e. The van der Waals surface area contributed by atoms with Crippen LogP contribution in [-0.2, 0) is 43.3 Å². The number of amides is 2. The number of alkyl halides is 1. The van der Waals surface area contributed by atoms with Crippen molar-refractivity contribution in [3.8, 4) is 0 Å². The summed E-state index contributed by atoms with van der Waals surface area (Å²) in [7, 11) is 0. The van der Waals surface area contributed by atoms with Crippen LogP contribution in [0.5, 0.6) is 0 Å². The van der Waals surface area contributed by atoms with Crippen molar-refractivity contribution in [3.05, 3.63) is 53.7 Å². The van der Waals surface area contributed by atoms with E-state index in [1.807, 2.05) is 42.8 Å². The van der Waals surface area contributed by atoms with Crippen LogP contribution in [0.25, 0.3) is 11.1 Å².